The molecular formula is C18H17F6N6O3PS. The van der Waals surface area contributed by atoms with Gasteiger partial charge in [-0.05, 0) is 12.1 Å². The zero-order valence-corrected chi connectivity index (χ0v) is 19.3. The van der Waals surface area contributed by atoms with Gasteiger partial charge in [-0.3, -0.25) is 10.1 Å². The number of nitro benzene ring substituents is 1. The number of anilines is 1. The second-order valence-corrected chi connectivity index (χ2v) is 10.4. The first kappa shape index (κ1) is 26.9. The van der Waals surface area contributed by atoms with E-state index in [2.05, 4.69) is 15.0 Å². The Morgan fingerprint density at radius 3 is 2.29 bits per heavy atom. The van der Waals surface area contributed by atoms with Gasteiger partial charge in [0.05, 0.1) is 36.5 Å². The lowest BCUT2D eigenvalue weighted by Crippen LogP contribution is -2.22. The molecule has 2 aromatic heterocycles. The molecule has 3 rings (SSSR count). The number of non-ortho nitro benzene ring substituents is 1. The Balaban J connectivity index is 1.67. The Bertz CT molecular complexity index is 1160. The lowest BCUT2D eigenvalue weighted by Gasteiger charge is -2.20. The van der Waals surface area contributed by atoms with E-state index in [4.69, 9.17) is 10.5 Å². The molecule has 0 unspecified atom stereocenters. The molecule has 0 aliphatic rings. The molecular weight excluding hydrogens is 525 g/mol. The third kappa shape index (κ3) is 8.18. The number of nitrogens with zero attached hydrogens (tertiary/aromatic N) is 5. The van der Waals surface area contributed by atoms with E-state index in [0.717, 1.165) is 11.8 Å². The normalized spacial score (nSPS) is 12.5. The summed E-state index contributed by atoms with van der Waals surface area (Å²) < 4.78 is 82.2. The highest BCUT2D eigenvalue weighted by atomic mass is 32.2. The minimum Gasteiger partial charge on any atom is -0.375 e. The number of nitro groups is 1. The van der Waals surface area contributed by atoms with Gasteiger partial charge >= 0.3 is 12.4 Å². The number of alkyl halides is 6. The van der Waals surface area contributed by atoms with Crippen molar-refractivity contribution >= 4 is 42.5 Å². The number of ether oxygens (including phenoxy) is 1. The molecule has 17 heteroatoms. The third-order valence-electron chi connectivity index (χ3n) is 4.27. The van der Waals surface area contributed by atoms with Crippen LogP contribution in [0.15, 0.2) is 40.5 Å². The van der Waals surface area contributed by atoms with Gasteiger partial charge in [-0.2, -0.15) is 31.3 Å². The Hall–Kier alpha value is -2.71. The standard InChI is InChI=1S/C18H17F6N6O3PS/c19-17(20,21)7-34(8-18(22,23)24)10-33-6-5-29-9-26-13-14(29)27-16(25)28-15(13)35-12-3-1-11(2-4-12)30(31)32/h1-4,9H,5-8,10H2,(H2,25,27,28). The first-order chi connectivity index (χ1) is 16.3. The quantitative estimate of drug-likeness (QED) is 0.0944. The molecule has 1 aromatic carbocycles. The van der Waals surface area contributed by atoms with Crippen LogP contribution >= 0.6 is 19.7 Å². The van der Waals surface area contributed by atoms with Crippen molar-refractivity contribution in [3.8, 4) is 0 Å². The Kier molecular flexibility index (Phi) is 8.38. The van der Waals surface area contributed by atoms with Gasteiger partial charge in [-0.1, -0.05) is 19.7 Å². The molecule has 0 fully saturated rings. The summed E-state index contributed by atoms with van der Waals surface area (Å²) in [6.45, 7) is -0.120. The van der Waals surface area contributed by atoms with E-state index < -0.39 is 43.9 Å². The van der Waals surface area contributed by atoms with Gasteiger partial charge in [0.1, 0.15) is 10.5 Å². The van der Waals surface area contributed by atoms with Gasteiger partial charge in [0, 0.05) is 23.6 Å². The number of aromatic nitrogens is 4. The number of nitrogen functional groups attached to an aromatic ring is 1. The van der Waals surface area contributed by atoms with E-state index in [1.165, 1.54) is 35.2 Å². The number of hydrogen-bond acceptors (Lipinski definition) is 8. The van der Waals surface area contributed by atoms with Crippen LogP contribution in [-0.2, 0) is 11.3 Å². The van der Waals surface area contributed by atoms with Crippen molar-refractivity contribution in [3.05, 3.63) is 40.7 Å². The number of rotatable bonds is 10. The molecule has 190 valence electrons. The number of fused-ring (bicyclic) bond motifs is 1. The molecule has 0 amide bonds. The van der Waals surface area contributed by atoms with Crippen LogP contribution in [0.3, 0.4) is 0 Å². The smallest absolute Gasteiger partial charge is 0.375 e. The molecule has 0 spiro atoms. The molecule has 0 atom stereocenters. The van der Waals surface area contributed by atoms with Crippen LogP contribution in [-0.4, -0.2) is 62.1 Å². The molecule has 0 bridgehead atoms. The highest BCUT2D eigenvalue weighted by molar-refractivity contribution is 7.99. The zero-order valence-electron chi connectivity index (χ0n) is 17.6. The van der Waals surface area contributed by atoms with Gasteiger partial charge in [0.25, 0.3) is 5.69 Å². The molecule has 0 saturated carbocycles. The number of imidazole rings is 1. The van der Waals surface area contributed by atoms with Gasteiger partial charge in [-0.25, -0.2) is 9.97 Å². The summed E-state index contributed by atoms with van der Waals surface area (Å²) in [5.41, 5.74) is 6.33. The first-order valence-corrected chi connectivity index (χ1v) is 12.4. The molecule has 0 aliphatic carbocycles. The summed E-state index contributed by atoms with van der Waals surface area (Å²) in [5, 5.41) is 11.2. The second-order valence-electron chi connectivity index (χ2n) is 7.10. The van der Waals surface area contributed by atoms with E-state index in [1.54, 1.807) is 0 Å². The largest absolute Gasteiger partial charge is 0.392 e. The molecule has 2 heterocycles. The van der Waals surface area contributed by atoms with E-state index in [9.17, 15) is 36.5 Å². The van der Waals surface area contributed by atoms with Gasteiger partial charge in [-0.15, -0.1) is 0 Å². The summed E-state index contributed by atoms with van der Waals surface area (Å²) in [6, 6.07) is 5.70. The maximum atomic E-state index is 12.6. The lowest BCUT2D eigenvalue weighted by atomic mass is 10.3. The van der Waals surface area contributed by atoms with Crippen LogP contribution in [0.2, 0.25) is 0 Å². The number of nitrogens with two attached hydrogens (primary N) is 1. The summed E-state index contributed by atoms with van der Waals surface area (Å²) in [7, 11) is -2.47. The Morgan fingerprint density at radius 1 is 1.09 bits per heavy atom. The van der Waals surface area contributed by atoms with Gasteiger partial charge in [0.15, 0.2) is 5.65 Å². The lowest BCUT2D eigenvalue weighted by molar-refractivity contribution is -0.384. The minimum atomic E-state index is -4.72. The molecule has 9 nitrogen and oxygen atoms in total. The number of halogens is 6. The average molecular weight is 542 g/mol. The Morgan fingerprint density at radius 2 is 1.71 bits per heavy atom. The SMILES string of the molecule is Nc1nc(Sc2ccc([N+](=O)[O-])cc2)c2ncn(CCOCP(CC(F)(F)F)CC(F)(F)F)c2n1. The first-order valence-electron chi connectivity index (χ1n) is 9.65. The third-order valence-corrected chi connectivity index (χ3v) is 7.41. The fraction of sp³-hybridized carbons (Fsp3) is 0.389. The van der Waals surface area contributed by atoms with Crippen LogP contribution in [0.5, 0.6) is 0 Å². The average Bonchev–Trinajstić information content (AvgIpc) is 3.12. The molecule has 3 aromatic rings. The van der Waals surface area contributed by atoms with Crippen molar-refractivity contribution < 1.29 is 36.0 Å². The fourth-order valence-electron chi connectivity index (χ4n) is 2.93. The minimum absolute atomic E-state index is 0.0514. The summed E-state index contributed by atoms with van der Waals surface area (Å²) in [5.74, 6) is -0.0940. The Labute approximate surface area is 199 Å². The van der Waals surface area contributed by atoms with E-state index in [-0.39, 0.29) is 24.8 Å². The van der Waals surface area contributed by atoms with Crippen molar-refractivity contribution in [2.75, 3.05) is 31.0 Å². The van der Waals surface area contributed by atoms with E-state index in [0.29, 0.717) is 21.1 Å². The van der Waals surface area contributed by atoms with Crippen molar-refractivity contribution in [1.82, 2.24) is 19.5 Å². The van der Waals surface area contributed by atoms with E-state index in [1.807, 2.05) is 0 Å². The molecule has 0 aliphatic heterocycles. The fourth-order valence-corrected chi connectivity index (χ4v) is 5.50. The van der Waals surface area contributed by atoms with Crippen molar-refractivity contribution in [2.45, 2.75) is 28.8 Å². The van der Waals surface area contributed by atoms with Crippen LogP contribution < -0.4 is 5.73 Å². The van der Waals surface area contributed by atoms with Crippen molar-refractivity contribution in [1.29, 1.82) is 0 Å². The van der Waals surface area contributed by atoms with Crippen LogP contribution in [0.1, 0.15) is 0 Å². The van der Waals surface area contributed by atoms with Crippen LogP contribution in [0.4, 0.5) is 38.0 Å². The maximum Gasteiger partial charge on any atom is 0.392 e. The molecule has 2 N–H and O–H groups in total. The summed E-state index contributed by atoms with van der Waals surface area (Å²) in [6.07, 6.45) is -11.8. The summed E-state index contributed by atoms with van der Waals surface area (Å²) >= 11 is 1.14. The van der Waals surface area contributed by atoms with Crippen molar-refractivity contribution in [3.63, 3.8) is 0 Å². The monoisotopic (exact) mass is 542 g/mol. The van der Waals surface area contributed by atoms with E-state index >= 15 is 0 Å². The summed E-state index contributed by atoms with van der Waals surface area (Å²) in [4.78, 5) is 23.3. The highest BCUT2D eigenvalue weighted by Crippen LogP contribution is 2.45. The predicted molar refractivity (Wildman–Crippen MR) is 117 cm³/mol. The number of hydrogen-bond donors (Lipinski definition) is 1. The maximum absolute atomic E-state index is 12.6. The van der Waals surface area contributed by atoms with Crippen LogP contribution in [0.25, 0.3) is 11.2 Å². The van der Waals surface area contributed by atoms with Gasteiger partial charge < -0.3 is 15.0 Å². The highest BCUT2D eigenvalue weighted by Gasteiger charge is 2.38. The molecule has 0 radical (unpaired) electrons. The van der Waals surface area contributed by atoms with Crippen LogP contribution in [0, 0.1) is 10.1 Å². The van der Waals surface area contributed by atoms with Gasteiger partial charge in [0.2, 0.25) is 5.95 Å². The number of benzene rings is 1. The van der Waals surface area contributed by atoms with Crippen molar-refractivity contribution in [2.24, 2.45) is 0 Å². The predicted octanol–water partition coefficient (Wildman–Crippen LogP) is 5.05. The molecule has 0 saturated heterocycles. The zero-order chi connectivity index (χ0) is 25.8. The second kappa shape index (κ2) is 10.9. The molecule has 35 heavy (non-hydrogen) atoms. The topological polar surface area (TPSA) is 122 Å².